The van der Waals surface area contributed by atoms with E-state index in [-0.39, 0.29) is 5.91 Å². The summed E-state index contributed by atoms with van der Waals surface area (Å²) in [5.74, 6) is 0.366. The molecule has 1 aromatic carbocycles. The average Bonchev–Trinajstić information content (AvgIpc) is 2.39. The molecule has 0 saturated heterocycles. The van der Waals surface area contributed by atoms with E-state index in [0.29, 0.717) is 28.4 Å². The van der Waals surface area contributed by atoms with Crippen LogP contribution in [-0.4, -0.2) is 18.0 Å². The van der Waals surface area contributed by atoms with Crippen LogP contribution in [-0.2, 0) is 0 Å². The van der Waals surface area contributed by atoms with E-state index in [1.165, 1.54) is 0 Å². The first kappa shape index (κ1) is 12.9. The minimum absolute atomic E-state index is 0.213. The molecule has 1 heterocycles. The second-order valence-electron chi connectivity index (χ2n) is 4.05. The number of anilines is 2. The molecule has 0 saturated carbocycles. The lowest BCUT2D eigenvalue weighted by Crippen LogP contribution is -2.14. The Morgan fingerprint density at radius 1 is 1.37 bits per heavy atom. The molecule has 19 heavy (non-hydrogen) atoms. The first-order valence-electron chi connectivity index (χ1n) is 5.78. The molecule has 1 aromatic heterocycles. The average molecular weight is 257 g/mol. The molecule has 1 amide bonds. The maximum Gasteiger partial charge on any atom is 0.257 e. The predicted octanol–water partition coefficient (Wildman–Crippen LogP) is 2.23. The number of methoxy groups -OCH3 is 1. The summed E-state index contributed by atoms with van der Waals surface area (Å²) >= 11 is 0. The van der Waals surface area contributed by atoms with Crippen LogP contribution in [0, 0.1) is 6.92 Å². The van der Waals surface area contributed by atoms with Gasteiger partial charge in [0, 0.05) is 17.6 Å². The molecule has 2 rings (SSSR count). The number of carbonyl (C=O) groups excluding carboxylic acids is 1. The molecule has 5 heteroatoms. The number of nitrogens with one attached hydrogen (secondary N) is 1. The minimum atomic E-state index is -0.213. The normalized spacial score (nSPS) is 10.0. The molecular weight excluding hydrogens is 242 g/mol. The quantitative estimate of drug-likeness (QED) is 0.827. The summed E-state index contributed by atoms with van der Waals surface area (Å²) in [7, 11) is 1.54. The summed E-state index contributed by atoms with van der Waals surface area (Å²) < 4.78 is 5.06. The van der Waals surface area contributed by atoms with Crippen molar-refractivity contribution in [2.75, 3.05) is 18.2 Å². The van der Waals surface area contributed by atoms with Crippen molar-refractivity contribution in [1.29, 1.82) is 0 Å². The maximum atomic E-state index is 12.1. The van der Waals surface area contributed by atoms with Crippen molar-refractivity contribution in [2.24, 2.45) is 0 Å². The largest absolute Gasteiger partial charge is 0.495 e. The van der Waals surface area contributed by atoms with Crippen LogP contribution in [0.5, 0.6) is 5.75 Å². The van der Waals surface area contributed by atoms with Gasteiger partial charge in [0.2, 0.25) is 0 Å². The Balaban J connectivity index is 2.20. The lowest BCUT2D eigenvalue weighted by molar-refractivity contribution is 0.102. The highest BCUT2D eigenvalue weighted by Crippen LogP contribution is 2.24. The van der Waals surface area contributed by atoms with Crippen molar-refractivity contribution in [1.82, 2.24) is 4.98 Å². The summed E-state index contributed by atoms with van der Waals surface area (Å²) in [6.45, 7) is 1.79. The number of aromatic nitrogens is 1. The number of nitrogen functional groups attached to an aromatic ring is 1. The fraction of sp³-hybridized carbons (Fsp3) is 0.143. The van der Waals surface area contributed by atoms with E-state index >= 15 is 0 Å². The molecule has 5 nitrogen and oxygen atoms in total. The van der Waals surface area contributed by atoms with E-state index in [0.717, 1.165) is 0 Å². The third kappa shape index (κ3) is 2.82. The molecule has 0 aliphatic carbocycles. The van der Waals surface area contributed by atoms with Gasteiger partial charge in [-0.2, -0.15) is 0 Å². The second kappa shape index (κ2) is 5.39. The number of ether oxygens (including phenoxy) is 1. The Bertz CT molecular complexity index is 611. The number of nitrogens with two attached hydrogens (primary N) is 1. The van der Waals surface area contributed by atoms with Gasteiger partial charge in [0.25, 0.3) is 5.91 Å². The fourth-order valence-electron chi connectivity index (χ4n) is 1.73. The van der Waals surface area contributed by atoms with Crippen molar-refractivity contribution in [3.05, 3.63) is 47.8 Å². The smallest absolute Gasteiger partial charge is 0.257 e. The number of pyridine rings is 1. The number of carbonyl (C=O) groups is 1. The molecule has 0 spiro atoms. The summed E-state index contributed by atoms with van der Waals surface area (Å²) in [4.78, 5) is 16.2. The molecule has 3 N–H and O–H groups in total. The first-order valence-corrected chi connectivity index (χ1v) is 5.78. The van der Waals surface area contributed by atoms with Gasteiger partial charge in [-0.1, -0.05) is 0 Å². The number of aryl methyl sites for hydroxylation is 1. The molecule has 98 valence electrons. The van der Waals surface area contributed by atoms with Gasteiger partial charge in [0.15, 0.2) is 0 Å². The van der Waals surface area contributed by atoms with Gasteiger partial charge in [-0.05, 0) is 37.3 Å². The van der Waals surface area contributed by atoms with E-state index in [1.54, 1.807) is 50.6 Å². The summed E-state index contributed by atoms with van der Waals surface area (Å²) in [5.41, 5.74) is 8.10. The molecule has 0 radical (unpaired) electrons. The van der Waals surface area contributed by atoms with Gasteiger partial charge < -0.3 is 15.8 Å². The zero-order valence-electron chi connectivity index (χ0n) is 10.8. The van der Waals surface area contributed by atoms with Crippen molar-refractivity contribution >= 4 is 17.3 Å². The topological polar surface area (TPSA) is 77.2 Å². The fourth-order valence-corrected chi connectivity index (χ4v) is 1.73. The van der Waals surface area contributed by atoms with Crippen LogP contribution in [0.1, 0.15) is 16.1 Å². The second-order valence-corrected chi connectivity index (χ2v) is 4.05. The van der Waals surface area contributed by atoms with Crippen LogP contribution in [0.3, 0.4) is 0 Å². The van der Waals surface area contributed by atoms with Gasteiger partial charge in [-0.15, -0.1) is 0 Å². The van der Waals surface area contributed by atoms with E-state index < -0.39 is 0 Å². The Kier molecular flexibility index (Phi) is 3.66. The summed E-state index contributed by atoms with van der Waals surface area (Å²) in [6, 6.07) is 8.55. The SMILES string of the molecule is COc1ccc(NC(=O)c2cccnc2C)cc1N. The standard InChI is InChI=1S/C14H15N3O2/c1-9-11(4-3-7-16-9)14(18)17-10-5-6-13(19-2)12(15)8-10/h3-8H,15H2,1-2H3,(H,17,18). The van der Waals surface area contributed by atoms with Crippen LogP contribution in [0.15, 0.2) is 36.5 Å². The zero-order chi connectivity index (χ0) is 13.8. The van der Waals surface area contributed by atoms with Gasteiger partial charge in [0.1, 0.15) is 5.75 Å². The number of nitrogens with zero attached hydrogens (tertiary/aromatic N) is 1. The molecule has 2 aromatic rings. The molecule has 0 aliphatic rings. The number of rotatable bonds is 3. The Hall–Kier alpha value is -2.56. The highest BCUT2D eigenvalue weighted by Gasteiger charge is 2.10. The van der Waals surface area contributed by atoms with E-state index in [9.17, 15) is 4.79 Å². The van der Waals surface area contributed by atoms with Gasteiger partial charge >= 0.3 is 0 Å². The van der Waals surface area contributed by atoms with Gasteiger partial charge in [-0.25, -0.2) is 0 Å². The molecule has 0 bridgehead atoms. The number of hydrogen-bond acceptors (Lipinski definition) is 4. The Morgan fingerprint density at radius 2 is 2.16 bits per heavy atom. The molecular formula is C14H15N3O2. The van der Waals surface area contributed by atoms with Gasteiger partial charge in [0.05, 0.1) is 18.4 Å². The van der Waals surface area contributed by atoms with Crippen LogP contribution in [0.2, 0.25) is 0 Å². The molecule has 0 fully saturated rings. The van der Waals surface area contributed by atoms with Crippen molar-refractivity contribution in [2.45, 2.75) is 6.92 Å². The van der Waals surface area contributed by atoms with Crippen LogP contribution >= 0.6 is 0 Å². The third-order valence-electron chi connectivity index (χ3n) is 2.74. The third-order valence-corrected chi connectivity index (χ3v) is 2.74. The Morgan fingerprint density at radius 3 is 2.79 bits per heavy atom. The number of benzene rings is 1. The maximum absolute atomic E-state index is 12.1. The van der Waals surface area contributed by atoms with E-state index in [2.05, 4.69) is 10.3 Å². The lowest BCUT2D eigenvalue weighted by Gasteiger charge is -2.09. The highest BCUT2D eigenvalue weighted by molar-refractivity contribution is 6.05. The molecule has 0 atom stereocenters. The first-order chi connectivity index (χ1) is 9.11. The van der Waals surface area contributed by atoms with E-state index in [1.807, 2.05) is 0 Å². The number of hydrogen-bond donors (Lipinski definition) is 2. The monoisotopic (exact) mass is 257 g/mol. The van der Waals surface area contributed by atoms with Crippen LogP contribution in [0.4, 0.5) is 11.4 Å². The zero-order valence-corrected chi connectivity index (χ0v) is 10.8. The lowest BCUT2D eigenvalue weighted by atomic mass is 10.2. The van der Waals surface area contributed by atoms with Crippen LogP contribution < -0.4 is 15.8 Å². The van der Waals surface area contributed by atoms with Crippen molar-refractivity contribution in [3.63, 3.8) is 0 Å². The number of amides is 1. The summed E-state index contributed by atoms with van der Waals surface area (Å²) in [5, 5.41) is 2.78. The van der Waals surface area contributed by atoms with Crippen molar-refractivity contribution in [3.8, 4) is 5.75 Å². The minimum Gasteiger partial charge on any atom is -0.495 e. The van der Waals surface area contributed by atoms with Crippen molar-refractivity contribution < 1.29 is 9.53 Å². The molecule has 0 aliphatic heterocycles. The van der Waals surface area contributed by atoms with Crippen LogP contribution in [0.25, 0.3) is 0 Å². The Labute approximate surface area is 111 Å². The van der Waals surface area contributed by atoms with E-state index in [4.69, 9.17) is 10.5 Å². The van der Waals surface area contributed by atoms with Gasteiger partial charge in [-0.3, -0.25) is 9.78 Å². The highest BCUT2D eigenvalue weighted by atomic mass is 16.5. The summed E-state index contributed by atoms with van der Waals surface area (Å²) in [6.07, 6.45) is 1.65. The predicted molar refractivity (Wildman–Crippen MR) is 74.3 cm³/mol. The molecule has 0 unspecified atom stereocenters.